The number of aromatic nitrogens is 7. The largest absolute Gasteiger partial charge is 0.345 e. The molecule has 0 aliphatic carbocycles. The molecule has 0 bridgehead atoms. The molecule has 0 atom stereocenters. The Labute approximate surface area is 142 Å². The van der Waals surface area contributed by atoms with Crippen molar-refractivity contribution in [2.75, 3.05) is 0 Å². The third-order valence-corrected chi connectivity index (χ3v) is 4.23. The molecule has 0 radical (unpaired) electrons. The van der Waals surface area contributed by atoms with Crippen LogP contribution in [0, 0.1) is 0 Å². The van der Waals surface area contributed by atoms with Crippen LogP contribution in [0.25, 0.3) is 44.5 Å². The second-order valence-corrected chi connectivity index (χ2v) is 5.81. The zero-order valence-electron chi connectivity index (χ0n) is 13.4. The average molecular weight is 327 g/mol. The Morgan fingerprint density at radius 3 is 2.68 bits per heavy atom. The molecule has 4 heterocycles. The van der Waals surface area contributed by atoms with Crippen molar-refractivity contribution in [3.05, 3.63) is 55.5 Å². The van der Waals surface area contributed by atoms with E-state index in [1.165, 1.54) is 0 Å². The van der Waals surface area contributed by atoms with Crippen LogP contribution < -0.4 is 0 Å². The highest BCUT2D eigenvalue weighted by Gasteiger charge is 2.15. The molecule has 0 saturated heterocycles. The maximum atomic E-state index is 4.50. The van der Waals surface area contributed by atoms with Crippen molar-refractivity contribution in [1.82, 2.24) is 34.7 Å². The first-order chi connectivity index (χ1) is 12.3. The van der Waals surface area contributed by atoms with Gasteiger partial charge in [-0.1, -0.05) is 6.07 Å². The van der Waals surface area contributed by atoms with Crippen LogP contribution in [0.3, 0.4) is 0 Å². The molecule has 0 aliphatic rings. The predicted molar refractivity (Wildman–Crippen MR) is 94.6 cm³/mol. The molecule has 25 heavy (non-hydrogen) atoms. The van der Waals surface area contributed by atoms with Crippen molar-refractivity contribution >= 4 is 22.1 Å². The first-order valence-corrected chi connectivity index (χ1v) is 7.82. The van der Waals surface area contributed by atoms with E-state index in [4.69, 9.17) is 0 Å². The maximum absolute atomic E-state index is 4.50. The fourth-order valence-corrected chi connectivity index (χ4v) is 3.08. The highest BCUT2D eigenvalue weighted by atomic mass is 15.2. The quantitative estimate of drug-likeness (QED) is 0.539. The van der Waals surface area contributed by atoms with Crippen LogP contribution in [0.4, 0.5) is 0 Å². The van der Waals surface area contributed by atoms with E-state index in [-0.39, 0.29) is 0 Å². The van der Waals surface area contributed by atoms with Crippen molar-refractivity contribution in [3.8, 4) is 22.4 Å². The van der Waals surface area contributed by atoms with Crippen molar-refractivity contribution in [2.45, 2.75) is 0 Å². The monoisotopic (exact) mass is 327 g/mol. The lowest BCUT2D eigenvalue weighted by Gasteiger charge is -2.04. The maximum Gasteiger partial charge on any atom is 0.141 e. The lowest BCUT2D eigenvalue weighted by molar-refractivity contribution is 0.768. The number of H-pyrrole nitrogens is 1. The number of hydrogen-bond donors (Lipinski definition) is 1. The highest BCUT2D eigenvalue weighted by Crippen LogP contribution is 2.34. The molecule has 4 aromatic heterocycles. The second-order valence-electron chi connectivity index (χ2n) is 5.81. The fourth-order valence-electron chi connectivity index (χ4n) is 3.08. The van der Waals surface area contributed by atoms with Crippen LogP contribution in [0.2, 0.25) is 0 Å². The molecule has 0 saturated carbocycles. The SMILES string of the molecule is Cn1cc(-c2ncnc3[nH]cc(-c4ccc5nccnc5c4)c23)cn1. The third-order valence-electron chi connectivity index (χ3n) is 4.23. The zero-order chi connectivity index (χ0) is 16.8. The van der Waals surface area contributed by atoms with Gasteiger partial charge in [-0.15, -0.1) is 0 Å². The van der Waals surface area contributed by atoms with Crippen LogP contribution >= 0.6 is 0 Å². The smallest absolute Gasteiger partial charge is 0.141 e. The molecule has 1 N–H and O–H groups in total. The van der Waals surface area contributed by atoms with Gasteiger partial charge in [0.2, 0.25) is 0 Å². The summed E-state index contributed by atoms with van der Waals surface area (Å²) in [6.07, 6.45) is 10.7. The first kappa shape index (κ1) is 13.8. The van der Waals surface area contributed by atoms with Gasteiger partial charge >= 0.3 is 0 Å². The summed E-state index contributed by atoms with van der Waals surface area (Å²) in [5.41, 5.74) is 6.40. The van der Waals surface area contributed by atoms with E-state index < -0.39 is 0 Å². The Kier molecular flexibility index (Phi) is 2.87. The molecule has 7 heteroatoms. The summed E-state index contributed by atoms with van der Waals surface area (Å²) < 4.78 is 1.77. The lowest BCUT2D eigenvalue weighted by Crippen LogP contribution is -1.89. The summed E-state index contributed by atoms with van der Waals surface area (Å²) >= 11 is 0. The number of nitrogens with zero attached hydrogens (tertiary/aromatic N) is 6. The Morgan fingerprint density at radius 1 is 0.960 bits per heavy atom. The van der Waals surface area contributed by atoms with Crippen LogP contribution in [0.5, 0.6) is 0 Å². The Bertz CT molecular complexity index is 1220. The fraction of sp³-hybridized carbons (Fsp3) is 0.0556. The number of hydrogen-bond acceptors (Lipinski definition) is 5. The summed E-state index contributed by atoms with van der Waals surface area (Å²) in [5, 5.41) is 5.23. The highest BCUT2D eigenvalue weighted by molar-refractivity contribution is 6.03. The van der Waals surface area contributed by atoms with Crippen molar-refractivity contribution in [3.63, 3.8) is 0 Å². The normalized spacial score (nSPS) is 11.4. The van der Waals surface area contributed by atoms with Gasteiger partial charge in [-0.25, -0.2) is 9.97 Å². The van der Waals surface area contributed by atoms with Gasteiger partial charge in [0, 0.05) is 43.0 Å². The summed E-state index contributed by atoms with van der Waals surface area (Å²) in [7, 11) is 1.89. The van der Waals surface area contributed by atoms with Crippen molar-refractivity contribution in [2.24, 2.45) is 7.05 Å². The predicted octanol–water partition coefficient (Wildman–Crippen LogP) is 2.97. The summed E-state index contributed by atoms with van der Waals surface area (Å²) in [4.78, 5) is 20.8. The molecule has 0 unspecified atom stereocenters. The topological polar surface area (TPSA) is 85.2 Å². The molecular formula is C18H13N7. The van der Waals surface area contributed by atoms with Gasteiger partial charge in [0.15, 0.2) is 0 Å². The van der Waals surface area contributed by atoms with Gasteiger partial charge < -0.3 is 4.98 Å². The Balaban J connectivity index is 1.78. The van der Waals surface area contributed by atoms with Crippen molar-refractivity contribution in [1.29, 1.82) is 0 Å². The minimum Gasteiger partial charge on any atom is -0.345 e. The number of rotatable bonds is 2. The van der Waals surface area contributed by atoms with E-state index in [1.807, 2.05) is 43.8 Å². The van der Waals surface area contributed by atoms with Gasteiger partial charge in [-0.3, -0.25) is 14.6 Å². The average Bonchev–Trinajstić information content (AvgIpc) is 3.27. The van der Waals surface area contributed by atoms with Gasteiger partial charge in [-0.2, -0.15) is 5.10 Å². The van der Waals surface area contributed by atoms with Crippen LogP contribution in [0.1, 0.15) is 0 Å². The van der Waals surface area contributed by atoms with Crippen LogP contribution in [0.15, 0.2) is 55.5 Å². The van der Waals surface area contributed by atoms with Gasteiger partial charge in [-0.05, 0) is 17.7 Å². The Morgan fingerprint density at radius 2 is 1.84 bits per heavy atom. The third kappa shape index (κ3) is 2.17. The molecule has 0 aliphatic heterocycles. The van der Waals surface area contributed by atoms with E-state index in [1.54, 1.807) is 23.4 Å². The van der Waals surface area contributed by atoms with E-state index in [2.05, 4.69) is 30.0 Å². The van der Waals surface area contributed by atoms with E-state index in [0.717, 1.165) is 44.5 Å². The van der Waals surface area contributed by atoms with Gasteiger partial charge in [0.1, 0.15) is 12.0 Å². The molecule has 0 amide bonds. The van der Waals surface area contributed by atoms with E-state index >= 15 is 0 Å². The Hall–Kier alpha value is -3.61. The van der Waals surface area contributed by atoms with E-state index in [0.29, 0.717) is 0 Å². The minimum absolute atomic E-state index is 0.795. The molecular weight excluding hydrogens is 314 g/mol. The van der Waals surface area contributed by atoms with E-state index in [9.17, 15) is 0 Å². The molecule has 0 fully saturated rings. The summed E-state index contributed by atoms with van der Waals surface area (Å²) in [6, 6.07) is 6.05. The number of benzene rings is 1. The standard InChI is InChI=1S/C18H13N7/c1-25-9-12(7-24-25)17-16-13(8-21-18(16)23-10-22-17)11-2-3-14-15(6-11)20-5-4-19-14/h2-10H,1H3,(H,21,22,23). The molecule has 1 aromatic carbocycles. The number of aryl methyl sites for hydroxylation is 1. The van der Waals surface area contributed by atoms with Gasteiger partial charge in [0.25, 0.3) is 0 Å². The van der Waals surface area contributed by atoms with Crippen molar-refractivity contribution < 1.29 is 0 Å². The number of nitrogens with one attached hydrogen (secondary N) is 1. The number of fused-ring (bicyclic) bond motifs is 2. The number of aromatic amines is 1. The molecule has 7 nitrogen and oxygen atoms in total. The minimum atomic E-state index is 0.795. The summed E-state index contributed by atoms with van der Waals surface area (Å²) in [6.45, 7) is 0. The molecule has 120 valence electrons. The summed E-state index contributed by atoms with van der Waals surface area (Å²) in [5.74, 6) is 0. The molecule has 0 spiro atoms. The lowest BCUT2D eigenvalue weighted by atomic mass is 10.0. The molecule has 5 aromatic rings. The second kappa shape index (κ2) is 5.20. The molecule has 5 rings (SSSR count). The van der Waals surface area contributed by atoms with Gasteiger partial charge in [0.05, 0.1) is 28.3 Å². The first-order valence-electron chi connectivity index (χ1n) is 7.82. The zero-order valence-corrected chi connectivity index (χ0v) is 13.4. The van der Waals surface area contributed by atoms with Crippen LogP contribution in [-0.2, 0) is 7.05 Å². The van der Waals surface area contributed by atoms with Crippen LogP contribution in [-0.4, -0.2) is 34.7 Å².